The Bertz CT molecular complexity index is 246. The van der Waals surface area contributed by atoms with Gasteiger partial charge in [-0.25, -0.2) is 0 Å². The summed E-state index contributed by atoms with van der Waals surface area (Å²) in [6.45, 7) is 7.47. The molecule has 0 radical (unpaired) electrons. The van der Waals surface area contributed by atoms with Crippen molar-refractivity contribution in [3.63, 3.8) is 0 Å². The molecule has 0 amide bonds. The molecule has 0 spiro atoms. The van der Waals surface area contributed by atoms with E-state index in [1.54, 1.807) is 0 Å². The number of aromatic nitrogens is 3. The van der Waals surface area contributed by atoms with E-state index in [-0.39, 0.29) is 12.0 Å². The lowest BCUT2D eigenvalue weighted by Gasteiger charge is -2.07. The molecule has 6 nitrogen and oxygen atoms in total. The second kappa shape index (κ2) is 6.00. The first-order valence-electron chi connectivity index (χ1n) is 5.05. The predicted octanol–water partition coefficient (Wildman–Crippen LogP) is 1.10. The van der Waals surface area contributed by atoms with Crippen molar-refractivity contribution in [1.29, 1.82) is 0 Å². The summed E-state index contributed by atoms with van der Waals surface area (Å²) >= 11 is 0. The van der Waals surface area contributed by atoms with E-state index in [4.69, 9.17) is 9.47 Å². The van der Waals surface area contributed by atoms with Crippen molar-refractivity contribution in [3.05, 3.63) is 0 Å². The summed E-state index contributed by atoms with van der Waals surface area (Å²) in [5, 5.41) is 2.98. The third kappa shape index (κ3) is 3.57. The van der Waals surface area contributed by atoms with Crippen molar-refractivity contribution < 1.29 is 9.47 Å². The van der Waals surface area contributed by atoms with Crippen LogP contribution in [-0.2, 0) is 0 Å². The van der Waals surface area contributed by atoms with Crippen molar-refractivity contribution in [1.82, 2.24) is 15.0 Å². The molecule has 0 aromatic carbocycles. The highest BCUT2D eigenvalue weighted by atomic mass is 16.5. The van der Waals surface area contributed by atoms with Crippen LogP contribution in [0.3, 0.4) is 0 Å². The number of nitrogens with one attached hydrogen (secondary N) is 1. The van der Waals surface area contributed by atoms with Crippen LogP contribution in [0.15, 0.2) is 0 Å². The van der Waals surface area contributed by atoms with Gasteiger partial charge in [-0.2, -0.15) is 9.97 Å². The number of hydrogen-bond donors (Lipinski definition) is 1. The Hall–Kier alpha value is -1.59. The predicted molar refractivity (Wildman–Crippen MR) is 56.3 cm³/mol. The van der Waals surface area contributed by atoms with Crippen LogP contribution in [0.1, 0.15) is 20.8 Å². The van der Waals surface area contributed by atoms with Gasteiger partial charge in [-0.05, 0) is 20.8 Å². The van der Waals surface area contributed by atoms with Gasteiger partial charge in [-0.1, -0.05) is 0 Å². The Balaban J connectivity index is 2.86. The standard InChI is InChI=1S/C9H16N4O2/c1-4-10-7-11-8(14-5-2)13-9(12-7)15-6-3/h4-6H2,1-3H3,(H,10,11,12,13). The molecule has 1 heterocycles. The first kappa shape index (κ1) is 11.5. The summed E-state index contributed by atoms with van der Waals surface area (Å²) in [6.07, 6.45) is 0. The highest BCUT2D eigenvalue weighted by molar-refractivity contribution is 5.27. The fraction of sp³-hybridized carbons (Fsp3) is 0.667. The maximum absolute atomic E-state index is 5.20. The number of anilines is 1. The van der Waals surface area contributed by atoms with Crippen LogP contribution in [0.25, 0.3) is 0 Å². The molecule has 1 rings (SSSR count). The van der Waals surface area contributed by atoms with E-state index in [0.29, 0.717) is 19.2 Å². The van der Waals surface area contributed by atoms with Gasteiger partial charge in [0.25, 0.3) is 0 Å². The van der Waals surface area contributed by atoms with Gasteiger partial charge in [-0.3, -0.25) is 0 Å². The molecule has 84 valence electrons. The van der Waals surface area contributed by atoms with Crippen LogP contribution in [0.2, 0.25) is 0 Å². The van der Waals surface area contributed by atoms with E-state index < -0.39 is 0 Å². The normalized spacial score (nSPS) is 9.80. The lowest BCUT2D eigenvalue weighted by molar-refractivity contribution is 0.280. The lowest BCUT2D eigenvalue weighted by Crippen LogP contribution is -2.08. The topological polar surface area (TPSA) is 69.2 Å². The SMILES string of the molecule is CCNc1nc(OCC)nc(OCC)n1. The van der Waals surface area contributed by atoms with Crippen molar-refractivity contribution in [2.75, 3.05) is 25.1 Å². The number of hydrogen-bond acceptors (Lipinski definition) is 6. The summed E-state index contributed by atoms with van der Waals surface area (Å²) < 4.78 is 10.4. The first-order valence-corrected chi connectivity index (χ1v) is 5.05. The van der Waals surface area contributed by atoms with Crippen molar-refractivity contribution in [2.45, 2.75) is 20.8 Å². The summed E-state index contributed by atoms with van der Waals surface area (Å²) in [4.78, 5) is 12.1. The molecule has 0 aliphatic carbocycles. The Morgan fingerprint density at radius 2 is 1.47 bits per heavy atom. The molecular formula is C9H16N4O2. The molecule has 0 saturated heterocycles. The highest BCUT2D eigenvalue weighted by Crippen LogP contribution is 2.12. The van der Waals surface area contributed by atoms with E-state index in [9.17, 15) is 0 Å². The second-order valence-corrected chi connectivity index (χ2v) is 2.62. The molecular weight excluding hydrogens is 196 g/mol. The van der Waals surface area contributed by atoms with E-state index in [2.05, 4.69) is 20.3 Å². The molecule has 6 heteroatoms. The zero-order chi connectivity index (χ0) is 11.1. The molecule has 15 heavy (non-hydrogen) atoms. The number of rotatable bonds is 6. The molecule has 1 aromatic rings. The van der Waals surface area contributed by atoms with Crippen LogP contribution in [-0.4, -0.2) is 34.7 Å². The van der Waals surface area contributed by atoms with Gasteiger partial charge < -0.3 is 14.8 Å². The molecule has 1 aromatic heterocycles. The summed E-state index contributed by atoms with van der Waals surface area (Å²) in [7, 11) is 0. The molecule has 0 bridgehead atoms. The molecule has 0 unspecified atom stereocenters. The van der Waals surface area contributed by atoms with Crippen molar-refractivity contribution in [2.24, 2.45) is 0 Å². The second-order valence-electron chi connectivity index (χ2n) is 2.62. The van der Waals surface area contributed by atoms with Gasteiger partial charge in [0.15, 0.2) is 0 Å². The van der Waals surface area contributed by atoms with Crippen molar-refractivity contribution >= 4 is 5.95 Å². The third-order valence-corrected chi connectivity index (χ3v) is 1.48. The van der Waals surface area contributed by atoms with Gasteiger partial charge in [-0.15, -0.1) is 4.98 Å². The maximum Gasteiger partial charge on any atom is 0.324 e. The minimum atomic E-state index is 0.284. The third-order valence-electron chi connectivity index (χ3n) is 1.48. The van der Waals surface area contributed by atoms with Crippen LogP contribution in [0.4, 0.5) is 5.95 Å². The number of nitrogens with zero attached hydrogens (tertiary/aromatic N) is 3. The fourth-order valence-electron chi connectivity index (χ4n) is 0.962. The smallest absolute Gasteiger partial charge is 0.324 e. The van der Waals surface area contributed by atoms with Gasteiger partial charge in [0, 0.05) is 6.54 Å². The highest BCUT2D eigenvalue weighted by Gasteiger charge is 2.06. The summed E-state index contributed by atoms with van der Waals surface area (Å²) in [5.41, 5.74) is 0. The molecule has 0 aliphatic heterocycles. The van der Waals surface area contributed by atoms with E-state index in [1.165, 1.54) is 0 Å². The zero-order valence-corrected chi connectivity index (χ0v) is 9.28. The van der Waals surface area contributed by atoms with E-state index in [0.717, 1.165) is 6.54 Å². The lowest BCUT2D eigenvalue weighted by atomic mass is 10.7. The average Bonchev–Trinajstić information content (AvgIpc) is 2.19. The van der Waals surface area contributed by atoms with Gasteiger partial charge in [0.05, 0.1) is 13.2 Å². The van der Waals surface area contributed by atoms with Crippen molar-refractivity contribution in [3.8, 4) is 12.0 Å². The Labute approximate surface area is 89.1 Å². The van der Waals surface area contributed by atoms with E-state index in [1.807, 2.05) is 20.8 Å². The molecule has 0 saturated carbocycles. The van der Waals surface area contributed by atoms with Crippen LogP contribution in [0, 0.1) is 0 Å². The molecule has 0 fully saturated rings. The number of ether oxygens (including phenoxy) is 2. The summed E-state index contributed by atoms with van der Waals surface area (Å²) in [6, 6.07) is 0.568. The quantitative estimate of drug-likeness (QED) is 0.761. The van der Waals surface area contributed by atoms with Gasteiger partial charge >= 0.3 is 12.0 Å². The van der Waals surface area contributed by atoms with Crippen LogP contribution < -0.4 is 14.8 Å². The largest absolute Gasteiger partial charge is 0.464 e. The van der Waals surface area contributed by atoms with Gasteiger partial charge in [0.1, 0.15) is 0 Å². The Morgan fingerprint density at radius 3 is 1.87 bits per heavy atom. The minimum Gasteiger partial charge on any atom is -0.464 e. The fourth-order valence-corrected chi connectivity index (χ4v) is 0.962. The van der Waals surface area contributed by atoms with Crippen LogP contribution >= 0.6 is 0 Å². The van der Waals surface area contributed by atoms with E-state index >= 15 is 0 Å². The molecule has 0 atom stereocenters. The minimum absolute atomic E-state index is 0.284. The zero-order valence-electron chi connectivity index (χ0n) is 9.28. The summed E-state index contributed by atoms with van der Waals surface area (Å²) in [5.74, 6) is 0.472. The Morgan fingerprint density at radius 1 is 0.933 bits per heavy atom. The monoisotopic (exact) mass is 212 g/mol. The Kier molecular flexibility index (Phi) is 4.59. The first-order chi connectivity index (χ1) is 7.30. The molecule has 0 aliphatic rings. The maximum atomic E-state index is 5.20. The average molecular weight is 212 g/mol. The van der Waals surface area contributed by atoms with Crippen LogP contribution in [0.5, 0.6) is 12.0 Å². The van der Waals surface area contributed by atoms with Gasteiger partial charge in [0.2, 0.25) is 5.95 Å². The molecule has 1 N–H and O–H groups in total.